The molecule has 0 N–H and O–H groups in total. The molecular weight excluding hydrogens is 593 g/mol. The maximum absolute atomic E-state index is 5.86. The van der Waals surface area contributed by atoms with Gasteiger partial charge in [-0.05, 0) is 83.5 Å². The van der Waals surface area contributed by atoms with Gasteiger partial charge < -0.3 is 4.42 Å². The molecule has 0 aliphatic heterocycles. The highest BCUT2D eigenvalue weighted by atomic mass is 16.3. The fraction of sp³-hybridized carbons (Fsp3) is 0.125. The number of furan rings is 1. The summed E-state index contributed by atoms with van der Waals surface area (Å²) in [6.45, 7) is 11.0. The van der Waals surface area contributed by atoms with Crippen LogP contribution in [-0.2, 0) is 5.41 Å². The molecule has 0 amide bonds. The van der Waals surface area contributed by atoms with Gasteiger partial charge in [0.05, 0.1) is 0 Å². The molecule has 0 saturated heterocycles. The van der Waals surface area contributed by atoms with Crippen LogP contribution in [0.1, 0.15) is 41.7 Å². The van der Waals surface area contributed by atoms with E-state index in [4.69, 9.17) is 4.42 Å². The second-order valence-electron chi connectivity index (χ2n) is 13.6. The number of rotatable bonds is 2. The first kappa shape index (κ1) is 31.9. The Labute approximate surface area is 290 Å². The smallest absolute Gasteiger partial charge is 0.135 e. The summed E-state index contributed by atoms with van der Waals surface area (Å²) in [6, 6.07) is 57.8. The Balaban J connectivity index is 0.000000119. The van der Waals surface area contributed by atoms with Crippen molar-refractivity contribution in [1.82, 2.24) is 0 Å². The second kappa shape index (κ2) is 13.5. The van der Waals surface area contributed by atoms with Gasteiger partial charge in [-0.25, -0.2) is 0 Å². The molecule has 0 bridgehead atoms. The van der Waals surface area contributed by atoms with E-state index in [0.29, 0.717) is 0 Å². The number of fused-ring (bicyclic) bond motifs is 6. The van der Waals surface area contributed by atoms with Crippen molar-refractivity contribution in [3.8, 4) is 33.4 Å². The molecule has 1 aromatic heterocycles. The maximum Gasteiger partial charge on any atom is 0.135 e. The van der Waals surface area contributed by atoms with Gasteiger partial charge >= 0.3 is 0 Å². The highest BCUT2D eigenvalue weighted by Gasteiger charge is 2.34. The molecule has 8 aromatic rings. The SMILES string of the molecule is Cc1ccc(-c2ccc3oc4ccccc4c3c2)cc1.Cc1ccc(-c2ccccc2)cc1.Cc1ccc2c(c1)-c1ccccc1C2(C)C. The van der Waals surface area contributed by atoms with Crippen LogP contribution in [0.15, 0.2) is 168 Å². The van der Waals surface area contributed by atoms with Crippen molar-refractivity contribution in [3.05, 3.63) is 192 Å². The third-order valence-electron chi connectivity index (χ3n) is 9.66. The van der Waals surface area contributed by atoms with Gasteiger partial charge in [-0.15, -0.1) is 0 Å². The molecule has 9 rings (SSSR count). The lowest BCUT2D eigenvalue weighted by molar-refractivity contribution is 0.660. The van der Waals surface area contributed by atoms with Gasteiger partial charge in [0, 0.05) is 16.2 Å². The fourth-order valence-corrected chi connectivity index (χ4v) is 6.86. The van der Waals surface area contributed by atoms with Gasteiger partial charge in [-0.2, -0.15) is 0 Å². The molecule has 0 fully saturated rings. The van der Waals surface area contributed by atoms with Crippen LogP contribution in [0.25, 0.3) is 55.3 Å². The highest BCUT2D eigenvalue weighted by Crippen LogP contribution is 2.48. The molecule has 1 aliphatic carbocycles. The minimum atomic E-state index is 0.152. The Morgan fingerprint density at radius 1 is 0.367 bits per heavy atom. The lowest BCUT2D eigenvalue weighted by atomic mass is 9.82. The zero-order valence-corrected chi connectivity index (χ0v) is 29.0. The normalized spacial score (nSPS) is 12.3. The van der Waals surface area contributed by atoms with Crippen LogP contribution >= 0.6 is 0 Å². The van der Waals surface area contributed by atoms with Gasteiger partial charge in [0.25, 0.3) is 0 Å². The first-order valence-electron chi connectivity index (χ1n) is 17.1. The van der Waals surface area contributed by atoms with Crippen LogP contribution in [0, 0.1) is 20.8 Å². The summed E-state index contributed by atoms with van der Waals surface area (Å²) in [5.41, 5.74) is 16.7. The largest absolute Gasteiger partial charge is 0.456 e. The van der Waals surface area contributed by atoms with E-state index in [9.17, 15) is 0 Å². The van der Waals surface area contributed by atoms with Crippen LogP contribution < -0.4 is 0 Å². The van der Waals surface area contributed by atoms with Gasteiger partial charge in [-0.1, -0.05) is 176 Å². The molecule has 0 saturated carbocycles. The van der Waals surface area contributed by atoms with Crippen molar-refractivity contribution in [2.45, 2.75) is 40.0 Å². The van der Waals surface area contributed by atoms with E-state index in [1.54, 1.807) is 0 Å². The van der Waals surface area contributed by atoms with Crippen molar-refractivity contribution in [2.75, 3.05) is 0 Å². The van der Waals surface area contributed by atoms with Crippen molar-refractivity contribution < 1.29 is 4.42 Å². The van der Waals surface area contributed by atoms with Gasteiger partial charge in [0.2, 0.25) is 0 Å². The van der Waals surface area contributed by atoms with E-state index >= 15 is 0 Å². The van der Waals surface area contributed by atoms with E-state index in [1.807, 2.05) is 18.2 Å². The number of para-hydroxylation sites is 1. The van der Waals surface area contributed by atoms with E-state index in [0.717, 1.165) is 11.2 Å². The molecule has 0 spiro atoms. The fourth-order valence-electron chi connectivity index (χ4n) is 6.86. The summed E-state index contributed by atoms with van der Waals surface area (Å²) in [6.07, 6.45) is 0. The Morgan fingerprint density at radius 3 is 1.59 bits per heavy atom. The Hall–Kier alpha value is -5.66. The van der Waals surface area contributed by atoms with E-state index in [2.05, 4.69) is 180 Å². The number of hydrogen-bond acceptors (Lipinski definition) is 1. The average Bonchev–Trinajstić information content (AvgIpc) is 3.61. The highest BCUT2D eigenvalue weighted by molar-refractivity contribution is 6.06. The van der Waals surface area contributed by atoms with Gasteiger partial charge in [0.1, 0.15) is 11.2 Å². The predicted octanol–water partition coefficient (Wildman–Crippen LogP) is 13.5. The Bertz CT molecular complexity index is 2350. The summed E-state index contributed by atoms with van der Waals surface area (Å²) in [7, 11) is 0. The molecule has 1 aliphatic rings. The molecule has 1 heteroatoms. The van der Waals surface area contributed by atoms with Crippen LogP contribution in [0.4, 0.5) is 0 Å². The van der Waals surface area contributed by atoms with Crippen LogP contribution in [0.3, 0.4) is 0 Å². The summed E-state index contributed by atoms with van der Waals surface area (Å²) in [5.74, 6) is 0. The first-order chi connectivity index (χ1) is 23.8. The third-order valence-corrected chi connectivity index (χ3v) is 9.66. The summed E-state index contributed by atoms with van der Waals surface area (Å²) >= 11 is 0. The minimum absolute atomic E-state index is 0.152. The molecule has 7 aromatic carbocycles. The quantitative estimate of drug-likeness (QED) is 0.184. The molecule has 240 valence electrons. The van der Waals surface area contributed by atoms with Crippen molar-refractivity contribution in [3.63, 3.8) is 0 Å². The lowest BCUT2D eigenvalue weighted by Crippen LogP contribution is -2.14. The molecule has 0 unspecified atom stereocenters. The molecule has 1 heterocycles. The van der Waals surface area contributed by atoms with Crippen molar-refractivity contribution >= 4 is 21.9 Å². The van der Waals surface area contributed by atoms with Gasteiger partial charge in [0.15, 0.2) is 0 Å². The second-order valence-corrected chi connectivity index (χ2v) is 13.6. The number of hydrogen-bond donors (Lipinski definition) is 0. The topological polar surface area (TPSA) is 13.1 Å². The van der Waals surface area contributed by atoms with Crippen LogP contribution in [-0.4, -0.2) is 0 Å². The molecular formula is C48H42O. The zero-order chi connectivity index (χ0) is 34.0. The Kier molecular flexibility index (Phi) is 8.76. The van der Waals surface area contributed by atoms with Crippen LogP contribution in [0.5, 0.6) is 0 Å². The lowest BCUT2D eigenvalue weighted by Gasteiger charge is -2.21. The van der Waals surface area contributed by atoms with Crippen molar-refractivity contribution in [1.29, 1.82) is 0 Å². The summed E-state index contributed by atoms with van der Waals surface area (Å²) in [5, 5.41) is 2.36. The number of benzene rings is 7. The molecule has 0 atom stereocenters. The van der Waals surface area contributed by atoms with E-state index < -0.39 is 0 Å². The van der Waals surface area contributed by atoms with Crippen molar-refractivity contribution in [2.24, 2.45) is 0 Å². The zero-order valence-electron chi connectivity index (χ0n) is 29.0. The minimum Gasteiger partial charge on any atom is -0.456 e. The number of aryl methyl sites for hydroxylation is 3. The predicted molar refractivity (Wildman–Crippen MR) is 209 cm³/mol. The molecule has 0 radical (unpaired) electrons. The third kappa shape index (κ3) is 6.58. The average molecular weight is 635 g/mol. The summed E-state index contributed by atoms with van der Waals surface area (Å²) in [4.78, 5) is 0. The monoisotopic (exact) mass is 634 g/mol. The summed E-state index contributed by atoms with van der Waals surface area (Å²) < 4.78 is 5.86. The molecule has 49 heavy (non-hydrogen) atoms. The van der Waals surface area contributed by atoms with E-state index in [-0.39, 0.29) is 5.41 Å². The molecule has 1 nitrogen and oxygen atoms in total. The van der Waals surface area contributed by atoms with Crippen LogP contribution in [0.2, 0.25) is 0 Å². The maximum atomic E-state index is 5.86. The first-order valence-corrected chi connectivity index (χ1v) is 17.1. The van der Waals surface area contributed by atoms with Gasteiger partial charge in [-0.3, -0.25) is 0 Å². The van der Waals surface area contributed by atoms with E-state index in [1.165, 1.54) is 72.0 Å². The standard InChI is InChI=1S/C19H14O.C16H16.C13H12/c1-13-6-8-14(9-7-13)15-10-11-19-17(12-15)16-4-2-3-5-18(16)20-19;1-11-8-9-15-13(10-11)12-6-4-5-7-14(12)16(15,2)3;1-11-7-9-13(10-8-11)12-5-3-2-4-6-12/h2-12H,1H3;4-10H,1-3H3;2-10H,1H3. The Morgan fingerprint density at radius 2 is 0.878 bits per heavy atom.